The molecule has 0 fully saturated rings. The Hall–Kier alpha value is -3.67. The number of ether oxygens (including phenoxy) is 3. The predicted octanol–water partition coefficient (Wildman–Crippen LogP) is 22.4. The smallest absolute Gasteiger partial charge is 0.306 e. The molecule has 0 rings (SSSR count). The fraction of sp³-hybridized carbons (Fsp3) is 0.732. The van der Waals surface area contributed by atoms with Gasteiger partial charge in [-0.25, -0.2) is 0 Å². The third-order valence-electron chi connectivity index (χ3n) is 14.1. The summed E-state index contributed by atoms with van der Waals surface area (Å²) in [4.78, 5) is 38.4. The van der Waals surface area contributed by atoms with Gasteiger partial charge < -0.3 is 14.2 Å². The largest absolute Gasteiger partial charge is 0.462 e. The van der Waals surface area contributed by atoms with Gasteiger partial charge in [0.15, 0.2) is 6.10 Å². The van der Waals surface area contributed by atoms with E-state index in [1.807, 2.05) is 0 Å². The molecule has 1 atom stereocenters. The number of hydrogen-bond donors (Lipinski definition) is 0. The van der Waals surface area contributed by atoms with Crippen molar-refractivity contribution in [3.63, 3.8) is 0 Å². The molecule has 0 aromatic heterocycles. The lowest BCUT2D eigenvalue weighted by Crippen LogP contribution is -2.30. The first kappa shape index (κ1) is 73.3. The highest BCUT2D eigenvalue weighted by Gasteiger charge is 2.19. The molecule has 0 radical (unpaired) electrons. The van der Waals surface area contributed by atoms with Crippen molar-refractivity contribution in [3.05, 3.63) is 97.2 Å². The molecule has 0 saturated heterocycles. The third kappa shape index (κ3) is 63.0. The normalized spacial score (nSPS) is 12.7. The number of unbranched alkanes of at least 4 members (excludes halogenated alkanes) is 32. The van der Waals surface area contributed by atoms with E-state index >= 15 is 0 Å². The summed E-state index contributed by atoms with van der Waals surface area (Å²) in [6.45, 7) is 6.50. The lowest BCUT2D eigenvalue weighted by Gasteiger charge is -2.18. The SMILES string of the molecule is CC/C=C\C/C=C\C/C=C\C/C=C\C/C=C\CCCCCC(=O)OC(COC(=O)CCCCCCCC/C=C\C/C=C\C/C=C\CCCCC)COC(=O)CCCCCCCCCCCCCCCCCCCCCCC. The van der Waals surface area contributed by atoms with Gasteiger partial charge in [-0.1, -0.05) is 291 Å². The highest BCUT2D eigenvalue weighted by Crippen LogP contribution is 2.17. The van der Waals surface area contributed by atoms with E-state index in [1.54, 1.807) is 0 Å². The van der Waals surface area contributed by atoms with Crippen LogP contribution in [0.5, 0.6) is 0 Å². The van der Waals surface area contributed by atoms with Crippen LogP contribution < -0.4 is 0 Å². The average Bonchev–Trinajstić information content (AvgIpc) is 3.43. The average molecular weight is 1070 g/mol. The monoisotopic (exact) mass is 1070 g/mol. The van der Waals surface area contributed by atoms with E-state index in [9.17, 15) is 14.4 Å². The molecule has 6 heteroatoms. The molecule has 6 nitrogen and oxygen atoms in total. The molecule has 0 aliphatic carbocycles. The summed E-state index contributed by atoms with van der Waals surface area (Å²) in [5, 5.41) is 0. The van der Waals surface area contributed by atoms with Crippen LogP contribution in [0.25, 0.3) is 0 Å². The second-order valence-electron chi connectivity index (χ2n) is 21.6. The van der Waals surface area contributed by atoms with Crippen LogP contribution in [0, 0.1) is 0 Å². The quantitative estimate of drug-likeness (QED) is 0.0261. The molecule has 0 saturated carbocycles. The summed E-state index contributed by atoms with van der Waals surface area (Å²) in [5.74, 6) is -0.926. The van der Waals surface area contributed by atoms with Crippen LogP contribution in [0.4, 0.5) is 0 Å². The van der Waals surface area contributed by atoms with Crippen molar-refractivity contribution in [3.8, 4) is 0 Å². The lowest BCUT2D eigenvalue weighted by atomic mass is 10.0. The number of rotatable bonds is 59. The maximum Gasteiger partial charge on any atom is 0.306 e. The molecule has 0 N–H and O–H groups in total. The van der Waals surface area contributed by atoms with Crippen molar-refractivity contribution in [1.29, 1.82) is 0 Å². The first-order chi connectivity index (χ1) is 38.0. The van der Waals surface area contributed by atoms with E-state index < -0.39 is 6.10 Å². The van der Waals surface area contributed by atoms with Crippen LogP contribution in [0.15, 0.2) is 97.2 Å². The molecule has 0 aromatic rings. The van der Waals surface area contributed by atoms with Gasteiger partial charge in [-0.3, -0.25) is 14.4 Å². The predicted molar refractivity (Wildman–Crippen MR) is 334 cm³/mol. The van der Waals surface area contributed by atoms with Gasteiger partial charge in [0.1, 0.15) is 13.2 Å². The van der Waals surface area contributed by atoms with Crippen LogP contribution in [0.1, 0.15) is 316 Å². The van der Waals surface area contributed by atoms with E-state index in [2.05, 4.69) is 118 Å². The molecule has 0 bridgehead atoms. The summed E-state index contributed by atoms with van der Waals surface area (Å²) >= 11 is 0. The molecule has 1 unspecified atom stereocenters. The van der Waals surface area contributed by atoms with Gasteiger partial charge in [-0.05, 0) is 103 Å². The van der Waals surface area contributed by atoms with Crippen molar-refractivity contribution in [2.75, 3.05) is 13.2 Å². The Morgan fingerprint density at radius 1 is 0.273 bits per heavy atom. The minimum absolute atomic E-state index is 0.0933. The highest BCUT2D eigenvalue weighted by atomic mass is 16.6. The first-order valence-electron chi connectivity index (χ1n) is 32.7. The summed E-state index contributed by atoms with van der Waals surface area (Å²) < 4.78 is 16.9. The van der Waals surface area contributed by atoms with Crippen LogP contribution in [-0.2, 0) is 28.6 Å². The van der Waals surface area contributed by atoms with Crippen LogP contribution in [0.3, 0.4) is 0 Å². The van der Waals surface area contributed by atoms with Gasteiger partial charge in [0.25, 0.3) is 0 Å². The molecular weight excluding hydrogens is 949 g/mol. The van der Waals surface area contributed by atoms with Crippen molar-refractivity contribution in [1.82, 2.24) is 0 Å². The van der Waals surface area contributed by atoms with E-state index in [-0.39, 0.29) is 37.5 Å². The Labute approximate surface area is 477 Å². The Morgan fingerprint density at radius 2 is 0.506 bits per heavy atom. The van der Waals surface area contributed by atoms with Gasteiger partial charge in [-0.2, -0.15) is 0 Å². The second-order valence-corrected chi connectivity index (χ2v) is 21.6. The Kier molecular flexibility index (Phi) is 61.8. The number of carbonyl (C=O) groups excluding carboxylic acids is 3. The third-order valence-corrected chi connectivity index (χ3v) is 14.1. The van der Waals surface area contributed by atoms with Crippen molar-refractivity contribution >= 4 is 17.9 Å². The van der Waals surface area contributed by atoms with Crippen LogP contribution >= 0.6 is 0 Å². The molecular formula is C71H122O6. The summed E-state index contributed by atoms with van der Waals surface area (Å²) in [6.07, 6.45) is 87.0. The Balaban J connectivity index is 4.44. The standard InChI is InChI=1S/C71H122O6/c1-4-7-10-13-16-19-22-25-28-31-34-35-38-40-43-46-49-52-55-58-61-64-70(73)76-67-68(77-71(74)65-62-59-56-53-50-47-44-41-37-33-30-27-24-21-18-15-12-9-6-3)66-75-69(72)63-60-57-54-51-48-45-42-39-36-32-29-26-23-20-17-14-11-8-5-2/h9,12,17-18,20-21,26-27,29-30,36-37,39,41,47,50,68H,4-8,10-11,13-16,19,22-25,28,31-35,38,40,42-46,48-49,51-67H2,1-3H3/b12-9-,20-17-,21-18-,29-26-,30-27-,39-36-,41-37-,50-47-. The van der Waals surface area contributed by atoms with Crippen molar-refractivity contribution in [2.45, 2.75) is 322 Å². The number of esters is 3. The minimum atomic E-state index is -0.802. The number of hydrogen-bond acceptors (Lipinski definition) is 6. The lowest BCUT2D eigenvalue weighted by molar-refractivity contribution is -0.167. The molecule has 0 heterocycles. The molecule has 0 aliphatic rings. The summed E-state index contributed by atoms with van der Waals surface area (Å²) in [5.41, 5.74) is 0. The van der Waals surface area contributed by atoms with Gasteiger partial charge >= 0.3 is 17.9 Å². The number of allylic oxidation sites excluding steroid dienone is 16. The fourth-order valence-electron chi connectivity index (χ4n) is 9.18. The van der Waals surface area contributed by atoms with Gasteiger partial charge in [0, 0.05) is 19.3 Å². The van der Waals surface area contributed by atoms with Crippen LogP contribution in [0.2, 0.25) is 0 Å². The first-order valence-corrected chi connectivity index (χ1v) is 32.7. The zero-order valence-corrected chi connectivity index (χ0v) is 50.7. The Bertz CT molecular complexity index is 1510. The minimum Gasteiger partial charge on any atom is -0.462 e. The van der Waals surface area contributed by atoms with Gasteiger partial charge in [-0.15, -0.1) is 0 Å². The van der Waals surface area contributed by atoms with E-state index in [0.29, 0.717) is 12.8 Å². The van der Waals surface area contributed by atoms with Gasteiger partial charge in [0.2, 0.25) is 0 Å². The zero-order chi connectivity index (χ0) is 55.7. The van der Waals surface area contributed by atoms with E-state index in [1.165, 1.54) is 161 Å². The van der Waals surface area contributed by atoms with E-state index in [0.717, 1.165) is 116 Å². The van der Waals surface area contributed by atoms with Gasteiger partial charge in [0.05, 0.1) is 0 Å². The zero-order valence-electron chi connectivity index (χ0n) is 50.7. The molecule has 0 spiro atoms. The highest BCUT2D eigenvalue weighted by molar-refractivity contribution is 5.71. The molecule has 0 aromatic carbocycles. The maximum atomic E-state index is 12.9. The fourth-order valence-corrected chi connectivity index (χ4v) is 9.18. The molecule has 77 heavy (non-hydrogen) atoms. The van der Waals surface area contributed by atoms with Crippen molar-refractivity contribution in [2.24, 2.45) is 0 Å². The summed E-state index contributed by atoms with van der Waals surface area (Å²) in [7, 11) is 0. The number of carbonyl (C=O) groups is 3. The molecule has 0 aliphatic heterocycles. The second kappa shape index (κ2) is 64.9. The maximum absolute atomic E-state index is 12.9. The molecule has 442 valence electrons. The topological polar surface area (TPSA) is 78.9 Å². The Morgan fingerprint density at radius 3 is 0.831 bits per heavy atom. The van der Waals surface area contributed by atoms with E-state index in [4.69, 9.17) is 14.2 Å². The molecule has 0 amide bonds. The van der Waals surface area contributed by atoms with Crippen molar-refractivity contribution < 1.29 is 28.6 Å². The summed E-state index contributed by atoms with van der Waals surface area (Å²) in [6, 6.07) is 0. The van der Waals surface area contributed by atoms with Crippen LogP contribution in [-0.4, -0.2) is 37.2 Å².